The summed E-state index contributed by atoms with van der Waals surface area (Å²) < 4.78 is 0. The van der Waals surface area contributed by atoms with Crippen LogP contribution >= 0.6 is 24.4 Å². The Morgan fingerprint density at radius 1 is 1.28 bits per heavy atom. The van der Waals surface area contributed by atoms with Gasteiger partial charge < -0.3 is 27.0 Å². The number of nitrogens with two attached hydrogens (primary N) is 1. The lowest BCUT2D eigenvalue weighted by Crippen LogP contribution is -2.44. The zero-order valence-electron chi connectivity index (χ0n) is 14.1. The average Bonchev–Trinajstić information content (AvgIpc) is 3.14. The number of carbonyl (C=O) groups excluding carboxylic acids is 3. The Labute approximate surface area is 157 Å². The predicted octanol–water partition coefficient (Wildman–Crippen LogP) is -0.798. The number of nitrogens with one attached hydrogen (secondary N) is 4. The molecule has 2 rings (SSSR count). The maximum Gasteiger partial charge on any atom is 0.315 e. The fourth-order valence-corrected chi connectivity index (χ4v) is 4.67. The van der Waals surface area contributed by atoms with E-state index in [-0.39, 0.29) is 29.9 Å². The van der Waals surface area contributed by atoms with Crippen LogP contribution in [0, 0.1) is 0 Å². The molecule has 2 fully saturated rings. The Morgan fingerprint density at radius 3 is 2.80 bits per heavy atom. The van der Waals surface area contributed by atoms with Gasteiger partial charge in [0.15, 0.2) is 0 Å². The van der Waals surface area contributed by atoms with Crippen LogP contribution in [0.25, 0.3) is 0 Å². The molecule has 0 aromatic carbocycles. The van der Waals surface area contributed by atoms with Crippen molar-refractivity contribution < 1.29 is 14.4 Å². The molecule has 2 aliphatic heterocycles. The summed E-state index contributed by atoms with van der Waals surface area (Å²) in [6.07, 6.45) is 3.25. The summed E-state index contributed by atoms with van der Waals surface area (Å²) in [5.74, 6) is 0.973. The van der Waals surface area contributed by atoms with Gasteiger partial charge in [-0.15, -0.1) is 0 Å². The van der Waals surface area contributed by atoms with Crippen LogP contribution in [0.5, 0.6) is 0 Å². The molecule has 3 unspecified atom stereocenters. The molecular weight excluding hydrogens is 362 g/mol. The van der Waals surface area contributed by atoms with Crippen molar-refractivity contribution in [2.45, 2.75) is 49.1 Å². The smallest absolute Gasteiger partial charge is 0.315 e. The summed E-state index contributed by atoms with van der Waals surface area (Å²) in [6.45, 7) is 0.754. The number of thiol groups is 1. The topological polar surface area (TPSA) is 125 Å². The van der Waals surface area contributed by atoms with E-state index in [9.17, 15) is 14.4 Å². The van der Waals surface area contributed by atoms with Crippen molar-refractivity contribution in [2.75, 3.05) is 24.6 Å². The van der Waals surface area contributed by atoms with Crippen LogP contribution < -0.4 is 27.0 Å². The highest BCUT2D eigenvalue weighted by Crippen LogP contribution is 2.33. The first-order valence-corrected chi connectivity index (χ1v) is 10.3. The van der Waals surface area contributed by atoms with E-state index >= 15 is 0 Å². The van der Waals surface area contributed by atoms with E-state index in [0.717, 1.165) is 25.0 Å². The summed E-state index contributed by atoms with van der Waals surface area (Å²) in [5, 5.41) is 11.8. The molecule has 4 atom stereocenters. The van der Waals surface area contributed by atoms with Gasteiger partial charge >= 0.3 is 6.03 Å². The quantitative estimate of drug-likeness (QED) is 0.166. The van der Waals surface area contributed by atoms with E-state index in [4.69, 9.17) is 5.73 Å². The van der Waals surface area contributed by atoms with Crippen molar-refractivity contribution in [1.82, 2.24) is 21.3 Å². The second kappa shape index (κ2) is 10.1. The van der Waals surface area contributed by atoms with E-state index in [0.29, 0.717) is 30.5 Å². The van der Waals surface area contributed by atoms with Crippen molar-refractivity contribution in [3.63, 3.8) is 0 Å². The zero-order chi connectivity index (χ0) is 18.2. The lowest BCUT2D eigenvalue weighted by Gasteiger charge is -2.16. The number of carbonyl (C=O) groups is 3. The fourth-order valence-electron chi connectivity index (χ4n) is 2.96. The molecule has 2 aliphatic rings. The number of amides is 4. The summed E-state index contributed by atoms with van der Waals surface area (Å²) in [5.41, 5.74) is 5.53. The number of rotatable bonds is 10. The van der Waals surface area contributed by atoms with Crippen LogP contribution in [0.3, 0.4) is 0 Å². The van der Waals surface area contributed by atoms with Gasteiger partial charge in [-0.2, -0.15) is 24.4 Å². The summed E-state index contributed by atoms with van der Waals surface area (Å²) >= 11 is 5.84. The molecule has 0 radical (unpaired) electrons. The Bertz CT molecular complexity index is 494. The number of hydrogen-bond donors (Lipinski definition) is 6. The summed E-state index contributed by atoms with van der Waals surface area (Å²) in [7, 11) is 0. The molecule has 0 spiro atoms. The highest BCUT2D eigenvalue weighted by atomic mass is 32.2. The number of urea groups is 1. The lowest BCUT2D eigenvalue weighted by molar-refractivity contribution is -0.123. The molecule has 0 bridgehead atoms. The number of fused-ring (bicyclic) bond motifs is 1. The highest BCUT2D eigenvalue weighted by Gasteiger charge is 2.42. The van der Waals surface area contributed by atoms with Gasteiger partial charge in [-0.25, -0.2) is 4.79 Å². The third-order valence-electron chi connectivity index (χ3n) is 4.36. The predicted molar refractivity (Wildman–Crippen MR) is 102 cm³/mol. The number of hydrogen-bond acceptors (Lipinski definition) is 6. The van der Waals surface area contributed by atoms with E-state index in [1.54, 1.807) is 0 Å². The van der Waals surface area contributed by atoms with Gasteiger partial charge in [-0.3, -0.25) is 9.59 Å². The van der Waals surface area contributed by atoms with Crippen molar-refractivity contribution >= 4 is 42.2 Å². The van der Waals surface area contributed by atoms with Gasteiger partial charge in [-0.05, 0) is 12.8 Å². The molecule has 0 saturated carbocycles. The Morgan fingerprint density at radius 2 is 2.04 bits per heavy atom. The van der Waals surface area contributed by atoms with Crippen LogP contribution in [0.2, 0.25) is 0 Å². The molecule has 0 aliphatic carbocycles. The highest BCUT2D eigenvalue weighted by molar-refractivity contribution is 8.00. The SMILES string of the molecule is N[C@H](CS)C(=O)NCCNC(=O)CCCCC1SCC2NC(=O)NC21. The first kappa shape index (κ1) is 20.2. The van der Waals surface area contributed by atoms with E-state index in [1.165, 1.54) is 0 Å². The zero-order valence-corrected chi connectivity index (χ0v) is 15.8. The normalized spacial score (nSPS) is 25.7. The first-order chi connectivity index (χ1) is 12.0. The third kappa shape index (κ3) is 6.27. The molecule has 2 heterocycles. The maximum atomic E-state index is 11.8. The molecule has 6 N–H and O–H groups in total. The minimum atomic E-state index is -0.619. The molecule has 8 nitrogen and oxygen atoms in total. The van der Waals surface area contributed by atoms with Crippen molar-refractivity contribution in [3.05, 3.63) is 0 Å². The van der Waals surface area contributed by atoms with Gasteiger partial charge in [0.25, 0.3) is 0 Å². The molecule has 10 heteroatoms. The molecule has 2 saturated heterocycles. The van der Waals surface area contributed by atoms with Gasteiger partial charge in [0.05, 0.1) is 18.1 Å². The largest absolute Gasteiger partial charge is 0.354 e. The summed E-state index contributed by atoms with van der Waals surface area (Å²) in [6, 6.07) is -0.218. The van der Waals surface area contributed by atoms with Crippen LogP contribution in [-0.4, -0.2) is 65.8 Å². The second-order valence-electron chi connectivity index (χ2n) is 6.30. The molecule has 0 aromatic heterocycles. The molecule has 4 amide bonds. The minimum Gasteiger partial charge on any atom is -0.354 e. The fraction of sp³-hybridized carbons (Fsp3) is 0.800. The minimum absolute atomic E-state index is 0.0134. The van der Waals surface area contributed by atoms with Gasteiger partial charge in [0, 0.05) is 36.3 Å². The maximum absolute atomic E-state index is 11.8. The third-order valence-corrected chi connectivity index (χ3v) is 6.26. The second-order valence-corrected chi connectivity index (χ2v) is 7.94. The van der Waals surface area contributed by atoms with E-state index < -0.39 is 6.04 Å². The van der Waals surface area contributed by atoms with E-state index in [1.807, 2.05) is 11.8 Å². The van der Waals surface area contributed by atoms with Gasteiger partial charge in [0.1, 0.15) is 0 Å². The average molecular weight is 390 g/mol. The Kier molecular flexibility index (Phi) is 8.17. The molecule has 25 heavy (non-hydrogen) atoms. The first-order valence-electron chi connectivity index (χ1n) is 8.60. The number of thioether (sulfide) groups is 1. The van der Waals surface area contributed by atoms with Crippen molar-refractivity contribution in [2.24, 2.45) is 5.73 Å². The summed E-state index contributed by atoms with van der Waals surface area (Å²) in [4.78, 5) is 34.5. The van der Waals surface area contributed by atoms with Gasteiger partial charge in [-0.1, -0.05) is 6.42 Å². The van der Waals surface area contributed by atoms with E-state index in [2.05, 4.69) is 33.9 Å². The standard InChI is InChI=1S/C15H27N5O3S2/c16-9(7-24)14(22)18-6-5-17-12(21)4-2-1-3-11-13-10(8-25-11)19-15(23)20-13/h9-11,13,24H,1-8,16H2,(H,17,21)(H,18,22)(H2,19,20,23)/t9-,10?,11?,13?/m1/s1. The molecule has 142 valence electrons. The molecule has 0 aromatic rings. The van der Waals surface area contributed by atoms with Crippen molar-refractivity contribution in [3.8, 4) is 0 Å². The van der Waals surface area contributed by atoms with Crippen molar-refractivity contribution in [1.29, 1.82) is 0 Å². The van der Waals surface area contributed by atoms with Crippen LogP contribution in [0.4, 0.5) is 4.79 Å². The van der Waals surface area contributed by atoms with Gasteiger partial charge in [0.2, 0.25) is 11.8 Å². The number of unbranched alkanes of at least 4 members (excludes halogenated alkanes) is 1. The van der Waals surface area contributed by atoms with Crippen LogP contribution in [-0.2, 0) is 9.59 Å². The van der Waals surface area contributed by atoms with Crippen LogP contribution in [0.1, 0.15) is 25.7 Å². The monoisotopic (exact) mass is 389 g/mol. The Balaban J connectivity index is 1.49. The lowest BCUT2D eigenvalue weighted by atomic mass is 10.0. The van der Waals surface area contributed by atoms with Crippen LogP contribution in [0.15, 0.2) is 0 Å². The Hall–Kier alpha value is -1.13. The molecular formula is C15H27N5O3S2.